The molecule has 150 valence electrons. The number of anilines is 1. The summed E-state index contributed by atoms with van der Waals surface area (Å²) in [4.78, 5) is 17.1. The van der Waals surface area contributed by atoms with E-state index in [1.165, 1.54) is 5.56 Å². The first-order valence-corrected chi connectivity index (χ1v) is 10.3. The molecule has 0 spiro atoms. The largest absolute Gasteiger partial charge is 0.481 e. The van der Waals surface area contributed by atoms with E-state index in [4.69, 9.17) is 16.3 Å². The maximum Gasteiger partial charge on any atom is 0.263 e. The number of nitrogens with zero attached hydrogens (tertiary/aromatic N) is 2. The predicted molar refractivity (Wildman–Crippen MR) is 116 cm³/mol. The Balaban J connectivity index is 1.61. The van der Waals surface area contributed by atoms with E-state index < -0.39 is 6.10 Å². The minimum Gasteiger partial charge on any atom is -0.481 e. The Morgan fingerprint density at radius 2 is 1.71 bits per heavy atom. The number of rotatable bonds is 5. The van der Waals surface area contributed by atoms with Crippen molar-refractivity contribution in [2.45, 2.75) is 39.7 Å². The second kappa shape index (κ2) is 8.87. The van der Waals surface area contributed by atoms with Crippen LogP contribution >= 0.6 is 11.6 Å². The molecule has 0 aromatic heterocycles. The Bertz CT molecular complexity index is 829. The lowest BCUT2D eigenvalue weighted by atomic mass is 10.0. The first kappa shape index (κ1) is 20.5. The van der Waals surface area contributed by atoms with Crippen molar-refractivity contribution in [3.05, 3.63) is 58.6 Å². The van der Waals surface area contributed by atoms with Crippen molar-refractivity contribution in [2.75, 3.05) is 31.1 Å². The molecule has 2 aromatic rings. The molecule has 0 radical (unpaired) electrons. The van der Waals surface area contributed by atoms with Crippen LogP contribution in [-0.4, -0.2) is 43.1 Å². The van der Waals surface area contributed by atoms with Crippen LogP contribution in [0, 0.1) is 6.92 Å². The summed E-state index contributed by atoms with van der Waals surface area (Å²) in [7, 11) is 0. The molecule has 1 atom stereocenters. The number of carbonyl (C=O) groups excluding carboxylic acids is 1. The molecule has 1 fully saturated rings. The zero-order chi connectivity index (χ0) is 20.3. The fraction of sp³-hybridized carbons (Fsp3) is 0.435. The van der Waals surface area contributed by atoms with Gasteiger partial charge in [0, 0.05) is 36.9 Å². The van der Waals surface area contributed by atoms with Crippen molar-refractivity contribution in [2.24, 2.45) is 0 Å². The molecule has 1 aliphatic heterocycles. The summed E-state index contributed by atoms with van der Waals surface area (Å²) < 4.78 is 6.05. The summed E-state index contributed by atoms with van der Waals surface area (Å²) in [6.45, 7) is 11.1. The van der Waals surface area contributed by atoms with Crippen LogP contribution in [0.1, 0.15) is 37.8 Å². The summed E-state index contributed by atoms with van der Waals surface area (Å²) in [5.74, 6) is 1.19. The topological polar surface area (TPSA) is 32.8 Å². The van der Waals surface area contributed by atoms with Crippen molar-refractivity contribution in [1.82, 2.24) is 4.90 Å². The third-order valence-corrected chi connectivity index (χ3v) is 5.53. The van der Waals surface area contributed by atoms with Gasteiger partial charge in [-0.2, -0.15) is 0 Å². The molecule has 4 nitrogen and oxygen atoms in total. The van der Waals surface area contributed by atoms with Gasteiger partial charge in [0.05, 0.1) is 0 Å². The fourth-order valence-corrected chi connectivity index (χ4v) is 3.82. The number of hydrogen-bond donors (Lipinski definition) is 0. The number of aryl methyl sites for hydroxylation is 1. The van der Waals surface area contributed by atoms with E-state index in [-0.39, 0.29) is 5.91 Å². The summed E-state index contributed by atoms with van der Waals surface area (Å²) in [5, 5.41) is 0.741. The standard InChI is InChI=1S/C23H29ClN2O2/c1-16(2)20-7-5-6-8-22(20)28-18(4)23(27)26-13-11-25(12-14-26)21-15-19(24)10-9-17(21)3/h5-10,15-16,18H,11-14H2,1-4H3/t18-/m0/s1. The Morgan fingerprint density at radius 3 is 2.39 bits per heavy atom. The van der Waals surface area contributed by atoms with Crippen LogP contribution in [-0.2, 0) is 4.79 Å². The van der Waals surface area contributed by atoms with Gasteiger partial charge in [0.2, 0.25) is 0 Å². The van der Waals surface area contributed by atoms with Crippen molar-refractivity contribution in [3.8, 4) is 5.75 Å². The van der Waals surface area contributed by atoms with E-state index in [0.717, 1.165) is 35.1 Å². The lowest BCUT2D eigenvalue weighted by molar-refractivity contribution is -0.138. The van der Waals surface area contributed by atoms with Gasteiger partial charge in [0.15, 0.2) is 6.10 Å². The van der Waals surface area contributed by atoms with E-state index >= 15 is 0 Å². The van der Waals surface area contributed by atoms with Crippen molar-refractivity contribution in [1.29, 1.82) is 0 Å². The second-order valence-electron chi connectivity index (χ2n) is 7.70. The number of benzene rings is 2. The third kappa shape index (κ3) is 4.61. The lowest BCUT2D eigenvalue weighted by Crippen LogP contribution is -2.52. The molecule has 1 heterocycles. The molecule has 1 aliphatic rings. The molecular formula is C23H29ClN2O2. The number of amides is 1. The third-order valence-electron chi connectivity index (χ3n) is 5.30. The van der Waals surface area contributed by atoms with Gasteiger partial charge in [-0.05, 0) is 49.1 Å². The van der Waals surface area contributed by atoms with Gasteiger partial charge < -0.3 is 14.5 Å². The van der Waals surface area contributed by atoms with Crippen LogP contribution in [0.4, 0.5) is 5.69 Å². The van der Waals surface area contributed by atoms with E-state index in [0.29, 0.717) is 19.0 Å². The van der Waals surface area contributed by atoms with Gasteiger partial charge >= 0.3 is 0 Å². The van der Waals surface area contributed by atoms with Gasteiger partial charge in [-0.3, -0.25) is 4.79 Å². The van der Waals surface area contributed by atoms with Crippen LogP contribution < -0.4 is 9.64 Å². The SMILES string of the molecule is Cc1ccc(Cl)cc1N1CCN(C(=O)[C@H](C)Oc2ccccc2C(C)C)CC1. The number of hydrogen-bond acceptors (Lipinski definition) is 3. The average molecular weight is 401 g/mol. The monoisotopic (exact) mass is 400 g/mol. The Kier molecular flexibility index (Phi) is 6.50. The molecule has 0 aliphatic carbocycles. The Labute approximate surface area is 173 Å². The summed E-state index contributed by atoms with van der Waals surface area (Å²) in [5.41, 5.74) is 3.48. The molecule has 3 rings (SSSR count). The quantitative estimate of drug-likeness (QED) is 0.716. The maximum atomic E-state index is 12.9. The van der Waals surface area contributed by atoms with Gasteiger partial charge in [-0.15, -0.1) is 0 Å². The highest BCUT2D eigenvalue weighted by atomic mass is 35.5. The van der Waals surface area contributed by atoms with Gasteiger partial charge in [-0.25, -0.2) is 0 Å². The van der Waals surface area contributed by atoms with Crippen LogP contribution in [0.2, 0.25) is 5.02 Å². The Hall–Kier alpha value is -2.20. The molecule has 0 N–H and O–H groups in total. The number of piperazine rings is 1. The molecule has 0 saturated carbocycles. The van der Waals surface area contributed by atoms with Crippen molar-refractivity contribution < 1.29 is 9.53 Å². The fourth-order valence-electron chi connectivity index (χ4n) is 3.65. The summed E-state index contributed by atoms with van der Waals surface area (Å²) >= 11 is 6.16. The minimum absolute atomic E-state index is 0.0426. The highest BCUT2D eigenvalue weighted by molar-refractivity contribution is 6.30. The first-order valence-electron chi connectivity index (χ1n) is 9.92. The van der Waals surface area contributed by atoms with Gasteiger partial charge in [0.1, 0.15) is 5.75 Å². The van der Waals surface area contributed by atoms with E-state index in [1.807, 2.05) is 48.2 Å². The zero-order valence-electron chi connectivity index (χ0n) is 17.1. The molecule has 0 unspecified atom stereocenters. The first-order chi connectivity index (χ1) is 13.4. The molecule has 28 heavy (non-hydrogen) atoms. The normalized spacial score (nSPS) is 15.6. The van der Waals surface area contributed by atoms with Gasteiger partial charge in [0.25, 0.3) is 5.91 Å². The number of ether oxygens (including phenoxy) is 1. The van der Waals surface area contributed by atoms with Crippen molar-refractivity contribution in [3.63, 3.8) is 0 Å². The highest BCUT2D eigenvalue weighted by Gasteiger charge is 2.27. The van der Waals surface area contributed by atoms with Crippen molar-refractivity contribution >= 4 is 23.2 Å². The van der Waals surface area contributed by atoms with Crippen LogP contribution in [0.15, 0.2) is 42.5 Å². The number of halogens is 1. The molecular weight excluding hydrogens is 372 g/mol. The summed E-state index contributed by atoms with van der Waals surface area (Å²) in [6, 6.07) is 13.9. The molecule has 1 amide bonds. The highest BCUT2D eigenvalue weighted by Crippen LogP contribution is 2.28. The molecule has 5 heteroatoms. The van der Waals surface area contributed by atoms with E-state index in [1.54, 1.807) is 0 Å². The minimum atomic E-state index is -0.501. The average Bonchev–Trinajstić information content (AvgIpc) is 2.69. The number of para-hydroxylation sites is 1. The second-order valence-corrected chi connectivity index (χ2v) is 8.13. The lowest BCUT2D eigenvalue weighted by Gasteiger charge is -2.37. The van der Waals surface area contributed by atoms with Crippen LogP contribution in [0.5, 0.6) is 5.75 Å². The molecule has 1 saturated heterocycles. The smallest absolute Gasteiger partial charge is 0.263 e. The number of carbonyl (C=O) groups is 1. The van der Waals surface area contributed by atoms with Crippen LogP contribution in [0.25, 0.3) is 0 Å². The maximum absolute atomic E-state index is 12.9. The summed E-state index contributed by atoms with van der Waals surface area (Å²) in [6.07, 6.45) is -0.501. The van der Waals surface area contributed by atoms with Crippen LogP contribution in [0.3, 0.4) is 0 Å². The molecule has 2 aromatic carbocycles. The predicted octanol–water partition coefficient (Wildman–Crippen LogP) is 4.89. The molecule has 0 bridgehead atoms. The zero-order valence-corrected chi connectivity index (χ0v) is 17.9. The van der Waals surface area contributed by atoms with Gasteiger partial charge in [-0.1, -0.05) is 49.7 Å². The van der Waals surface area contributed by atoms with E-state index in [9.17, 15) is 4.79 Å². The Morgan fingerprint density at radius 1 is 1.04 bits per heavy atom. The van der Waals surface area contributed by atoms with E-state index in [2.05, 4.69) is 31.7 Å².